The number of halogens is 3. The Morgan fingerprint density at radius 3 is 1.93 bits per heavy atom. The Labute approximate surface area is 166 Å². The zero-order valence-corrected chi connectivity index (χ0v) is 16.6. The van der Waals surface area contributed by atoms with Gasteiger partial charge < -0.3 is 20.8 Å². The highest BCUT2D eigenvalue weighted by molar-refractivity contribution is 6.27. The molecule has 1 aromatic rings. The molecular weight excluding hydrogens is 395 g/mol. The monoisotopic (exact) mass is 421 g/mol. The van der Waals surface area contributed by atoms with Crippen molar-refractivity contribution in [3.8, 4) is 0 Å². The van der Waals surface area contributed by atoms with Crippen molar-refractivity contribution in [2.45, 2.75) is 39.8 Å². The van der Waals surface area contributed by atoms with Gasteiger partial charge in [-0.05, 0) is 39.8 Å². The van der Waals surface area contributed by atoms with Crippen molar-refractivity contribution < 1.29 is 37.8 Å². The van der Waals surface area contributed by atoms with E-state index < -0.39 is 35.3 Å². The Kier molecular flexibility index (Phi) is 11.6. The predicted octanol–water partition coefficient (Wildman–Crippen LogP) is 1.91. The maximum absolute atomic E-state index is 13.4. The van der Waals surface area contributed by atoms with Crippen LogP contribution in [-0.2, 0) is 14.4 Å². The van der Waals surface area contributed by atoms with E-state index in [9.17, 15) is 18.0 Å². The van der Waals surface area contributed by atoms with E-state index in [2.05, 4.69) is 43.2 Å². The summed E-state index contributed by atoms with van der Waals surface area (Å²) in [6, 6.07) is 2.54. The fourth-order valence-corrected chi connectivity index (χ4v) is 2.34. The first-order chi connectivity index (χ1) is 13.4. The summed E-state index contributed by atoms with van der Waals surface area (Å²) in [6.45, 7) is 9.70. The smallest absolute Gasteiger partial charge is 0.414 e. The number of carbonyl (C=O) groups excluding carboxylic acids is 1. The summed E-state index contributed by atoms with van der Waals surface area (Å²) in [5, 5.41) is 19.9. The normalized spacial score (nSPS) is 10.7. The average molecular weight is 421 g/mol. The Morgan fingerprint density at radius 2 is 1.48 bits per heavy atom. The first-order valence-corrected chi connectivity index (χ1v) is 8.74. The molecule has 0 aliphatic carbocycles. The van der Waals surface area contributed by atoms with Gasteiger partial charge in [0.15, 0.2) is 17.5 Å². The van der Waals surface area contributed by atoms with E-state index >= 15 is 0 Å². The molecule has 0 atom stereocenters. The molecule has 164 valence electrons. The third-order valence-corrected chi connectivity index (χ3v) is 3.65. The molecule has 0 fully saturated rings. The lowest BCUT2D eigenvalue weighted by atomic mass is 10.2. The molecule has 0 heterocycles. The van der Waals surface area contributed by atoms with Crippen LogP contribution in [0.3, 0.4) is 0 Å². The van der Waals surface area contributed by atoms with Crippen molar-refractivity contribution in [2.75, 3.05) is 25.0 Å². The average Bonchev–Trinajstić information content (AvgIpc) is 2.61. The maximum atomic E-state index is 13.4. The van der Waals surface area contributed by atoms with Crippen LogP contribution >= 0.6 is 0 Å². The molecule has 0 aromatic heterocycles. The number of hydrogen-bond acceptors (Lipinski definition) is 5. The van der Waals surface area contributed by atoms with E-state index in [0.29, 0.717) is 18.6 Å². The molecule has 1 amide bonds. The van der Waals surface area contributed by atoms with Crippen molar-refractivity contribution in [1.29, 1.82) is 0 Å². The molecule has 0 unspecified atom stereocenters. The largest absolute Gasteiger partial charge is 0.473 e. The van der Waals surface area contributed by atoms with Crippen LogP contribution in [-0.4, -0.2) is 64.7 Å². The van der Waals surface area contributed by atoms with Gasteiger partial charge in [-0.2, -0.15) is 0 Å². The number of amides is 1. The van der Waals surface area contributed by atoms with Gasteiger partial charge in [-0.25, -0.2) is 22.8 Å². The second-order valence-electron chi connectivity index (χ2n) is 6.48. The molecule has 0 saturated heterocycles. The number of carboxylic acid groups (broad SMARTS) is 2. The maximum Gasteiger partial charge on any atom is 0.414 e. The SMILES string of the molecule is CC(C)N(CCNCC(=O)Nc1ccc(F)c(F)c1F)C(C)C.O=C(O)C(=O)O. The molecule has 1 rings (SSSR count). The Bertz CT molecular complexity index is 694. The molecule has 0 aliphatic rings. The van der Waals surface area contributed by atoms with Gasteiger partial charge in [0.1, 0.15) is 0 Å². The van der Waals surface area contributed by atoms with Gasteiger partial charge in [0.25, 0.3) is 0 Å². The fourth-order valence-electron chi connectivity index (χ4n) is 2.34. The van der Waals surface area contributed by atoms with Gasteiger partial charge in [0.2, 0.25) is 5.91 Å². The topological polar surface area (TPSA) is 119 Å². The van der Waals surface area contributed by atoms with Crippen LogP contribution in [0.15, 0.2) is 12.1 Å². The van der Waals surface area contributed by atoms with E-state index in [1.165, 1.54) is 0 Å². The molecule has 0 spiro atoms. The quantitative estimate of drug-likeness (QED) is 0.288. The van der Waals surface area contributed by atoms with Gasteiger partial charge >= 0.3 is 11.9 Å². The van der Waals surface area contributed by atoms with Crippen molar-refractivity contribution >= 4 is 23.5 Å². The third kappa shape index (κ3) is 9.90. The van der Waals surface area contributed by atoms with Crippen LogP contribution in [0.5, 0.6) is 0 Å². The van der Waals surface area contributed by atoms with Crippen LogP contribution in [0.25, 0.3) is 0 Å². The van der Waals surface area contributed by atoms with E-state index in [0.717, 1.165) is 18.7 Å². The zero-order chi connectivity index (χ0) is 22.7. The van der Waals surface area contributed by atoms with E-state index in [-0.39, 0.29) is 12.2 Å². The van der Waals surface area contributed by atoms with Gasteiger partial charge in [-0.1, -0.05) is 0 Å². The molecule has 0 bridgehead atoms. The number of carboxylic acids is 2. The minimum atomic E-state index is -1.82. The lowest BCUT2D eigenvalue weighted by Gasteiger charge is -2.30. The third-order valence-electron chi connectivity index (χ3n) is 3.65. The summed E-state index contributed by atoms with van der Waals surface area (Å²) in [5.41, 5.74) is -0.373. The minimum Gasteiger partial charge on any atom is -0.473 e. The highest BCUT2D eigenvalue weighted by atomic mass is 19.2. The number of rotatable bonds is 8. The number of nitrogens with one attached hydrogen (secondary N) is 2. The number of nitrogens with zero attached hydrogens (tertiary/aromatic N) is 1. The van der Waals surface area contributed by atoms with Crippen LogP contribution in [0.2, 0.25) is 0 Å². The Balaban J connectivity index is 0.00000113. The summed E-state index contributed by atoms with van der Waals surface area (Å²) in [6.07, 6.45) is 0. The van der Waals surface area contributed by atoms with Crippen LogP contribution < -0.4 is 10.6 Å². The van der Waals surface area contributed by atoms with E-state index in [4.69, 9.17) is 19.8 Å². The van der Waals surface area contributed by atoms with E-state index in [1.807, 2.05) is 0 Å². The molecule has 4 N–H and O–H groups in total. The molecular formula is C18H26F3N3O5. The number of aliphatic carboxylic acids is 2. The molecule has 0 radical (unpaired) electrons. The molecule has 0 aliphatic heterocycles. The van der Waals surface area contributed by atoms with Crippen LogP contribution in [0.1, 0.15) is 27.7 Å². The number of hydrogen-bond donors (Lipinski definition) is 4. The number of benzene rings is 1. The lowest BCUT2D eigenvalue weighted by molar-refractivity contribution is -0.159. The van der Waals surface area contributed by atoms with Crippen molar-refractivity contribution in [3.63, 3.8) is 0 Å². The second-order valence-corrected chi connectivity index (χ2v) is 6.48. The van der Waals surface area contributed by atoms with Crippen molar-refractivity contribution in [3.05, 3.63) is 29.6 Å². The summed E-state index contributed by atoms with van der Waals surface area (Å²) in [4.78, 5) is 32.2. The molecule has 8 nitrogen and oxygen atoms in total. The van der Waals surface area contributed by atoms with Crippen LogP contribution in [0, 0.1) is 17.5 Å². The fraction of sp³-hybridized carbons (Fsp3) is 0.500. The minimum absolute atomic E-state index is 0.0392. The number of anilines is 1. The van der Waals surface area contributed by atoms with Gasteiger partial charge in [-0.3, -0.25) is 9.69 Å². The molecule has 29 heavy (non-hydrogen) atoms. The predicted molar refractivity (Wildman–Crippen MR) is 100 cm³/mol. The summed E-state index contributed by atoms with van der Waals surface area (Å²) < 4.78 is 39.3. The first-order valence-electron chi connectivity index (χ1n) is 8.74. The van der Waals surface area contributed by atoms with Gasteiger partial charge in [0, 0.05) is 25.2 Å². The molecule has 0 saturated carbocycles. The second kappa shape index (κ2) is 12.7. The van der Waals surface area contributed by atoms with Crippen LogP contribution in [0.4, 0.5) is 18.9 Å². The zero-order valence-electron chi connectivity index (χ0n) is 16.6. The van der Waals surface area contributed by atoms with Crippen molar-refractivity contribution in [1.82, 2.24) is 10.2 Å². The standard InChI is InChI=1S/C16H24F3N3O.C2H2O4/c1-10(2)22(11(3)4)8-7-20-9-14(23)21-13-6-5-12(17)15(18)16(13)19;3-1(4)2(5)6/h5-6,10-11,20H,7-9H2,1-4H3,(H,21,23);(H,3,4)(H,5,6). The van der Waals surface area contributed by atoms with Gasteiger partial charge in [-0.15, -0.1) is 0 Å². The Hall–Kier alpha value is -2.66. The number of carbonyl (C=O) groups is 3. The van der Waals surface area contributed by atoms with Gasteiger partial charge in [0.05, 0.1) is 12.2 Å². The summed E-state index contributed by atoms with van der Waals surface area (Å²) >= 11 is 0. The first kappa shape index (κ1) is 26.3. The highest BCUT2D eigenvalue weighted by Gasteiger charge is 2.15. The lowest BCUT2D eigenvalue weighted by Crippen LogP contribution is -2.42. The summed E-state index contributed by atoms with van der Waals surface area (Å²) in [7, 11) is 0. The van der Waals surface area contributed by atoms with E-state index in [1.54, 1.807) is 0 Å². The Morgan fingerprint density at radius 1 is 0.966 bits per heavy atom. The highest BCUT2D eigenvalue weighted by Crippen LogP contribution is 2.19. The molecule has 11 heteroatoms. The molecule has 1 aromatic carbocycles. The summed E-state index contributed by atoms with van der Waals surface area (Å²) in [5.74, 6) is -8.45. The van der Waals surface area contributed by atoms with Crippen molar-refractivity contribution in [2.24, 2.45) is 0 Å².